The SMILES string of the molecule is CC(C)(C)C1CCC(N2/C(=N/c3ccc(-c4cccc(C(F)(F)F)c4)cc3)OCC2c2ccc(C(=O)NCCC(=O)O)cc2)CC1. The number of carbonyl (C=O) groups is 2. The molecule has 46 heavy (non-hydrogen) atoms. The predicted octanol–water partition coefficient (Wildman–Crippen LogP) is 8.24. The van der Waals surface area contributed by atoms with Gasteiger partial charge in [0.25, 0.3) is 11.9 Å². The van der Waals surface area contributed by atoms with Crippen LogP contribution >= 0.6 is 0 Å². The van der Waals surface area contributed by atoms with Crippen LogP contribution < -0.4 is 5.32 Å². The van der Waals surface area contributed by atoms with Crippen LogP contribution in [-0.4, -0.2) is 47.1 Å². The smallest absolute Gasteiger partial charge is 0.416 e. The van der Waals surface area contributed by atoms with Crippen LogP contribution in [0.1, 0.15) is 80.4 Å². The van der Waals surface area contributed by atoms with Crippen molar-refractivity contribution in [2.75, 3.05) is 13.2 Å². The van der Waals surface area contributed by atoms with Crippen molar-refractivity contribution < 1.29 is 32.6 Å². The van der Waals surface area contributed by atoms with Crippen LogP contribution in [0.2, 0.25) is 0 Å². The molecule has 1 saturated carbocycles. The molecule has 2 aliphatic rings. The lowest BCUT2D eigenvalue weighted by atomic mass is 9.71. The first-order chi connectivity index (χ1) is 21.8. The van der Waals surface area contributed by atoms with E-state index in [1.165, 1.54) is 6.07 Å². The van der Waals surface area contributed by atoms with Gasteiger partial charge in [0.05, 0.1) is 23.7 Å². The molecule has 0 aromatic heterocycles. The molecule has 0 bridgehead atoms. The van der Waals surface area contributed by atoms with Gasteiger partial charge >= 0.3 is 12.1 Å². The summed E-state index contributed by atoms with van der Waals surface area (Å²) in [5.74, 6) is -0.685. The summed E-state index contributed by atoms with van der Waals surface area (Å²) in [6.45, 7) is 7.29. The minimum atomic E-state index is -4.41. The number of benzene rings is 3. The number of hydrogen-bond donors (Lipinski definition) is 2. The Hall–Kier alpha value is -4.34. The predicted molar refractivity (Wildman–Crippen MR) is 171 cm³/mol. The molecule has 3 aromatic carbocycles. The van der Waals surface area contributed by atoms with E-state index in [1.54, 1.807) is 42.5 Å². The van der Waals surface area contributed by atoms with E-state index >= 15 is 0 Å². The number of ether oxygens (including phenoxy) is 1. The Bertz CT molecular complexity index is 1560. The first-order valence-corrected chi connectivity index (χ1v) is 15.7. The molecule has 7 nitrogen and oxygen atoms in total. The third-order valence-electron chi connectivity index (χ3n) is 9.04. The van der Waals surface area contributed by atoms with Crippen molar-refractivity contribution in [3.63, 3.8) is 0 Å². The van der Waals surface area contributed by atoms with Crippen molar-refractivity contribution in [1.82, 2.24) is 10.2 Å². The van der Waals surface area contributed by atoms with Crippen molar-refractivity contribution in [2.45, 2.75) is 71.1 Å². The van der Waals surface area contributed by atoms with E-state index in [-0.39, 0.29) is 36.4 Å². The Balaban J connectivity index is 1.38. The minimum absolute atomic E-state index is 0.0537. The van der Waals surface area contributed by atoms with Gasteiger partial charge in [-0.05, 0) is 90.1 Å². The highest BCUT2D eigenvalue weighted by Gasteiger charge is 2.41. The second-order valence-electron chi connectivity index (χ2n) is 13.1. The van der Waals surface area contributed by atoms with Gasteiger partial charge in [0, 0.05) is 18.2 Å². The van der Waals surface area contributed by atoms with Crippen LogP contribution in [0.4, 0.5) is 18.9 Å². The number of carboxylic acid groups (broad SMARTS) is 1. The lowest BCUT2D eigenvalue weighted by Crippen LogP contribution is -2.42. The van der Waals surface area contributed by atoms with Gasteiger partial charge in [-0.2, -0.15) is 18.2 Å². The Kier molecular flexibility index (Phi) is 9.74. The number of aliphatic imine (C=N–C) groups is 1. The van der Waals surface area contributed by atoms with Crippen LogP contribution in [-0.2, 0) is 15.7 Å². The van der Waals surface area contributed by atoms with Crippen LogP contribution in [0.15, 0.2) is 77.8 Å². The van der Waals surface area contributed by atoms with Crippen molar-refractivity contribution in [3.8, 4) is 11.1 Å². The zero-order chi connectivity index (χ0) is 33.1. The zero-order valence-electron chi connectivity index (χ0n) is 26.3. The fourth-order valence-electron chi connectivity index (χ4n) is 6.37. The average molecular weight is 636 g/mol. The largest absolute Gasteiger partial charge is 0.481 e. The Morgan fingerprint density at radius 2 is 1.61 bits per heavy atom. The van der Waals surface area contributed by atoms with E-state index in [0.29, 0.717) is 40.9 Å². The van der Waals surface area contributed by atoms with Crippen molar-refractivity contribution >= 4 is 23.6 Å². The van der Waals surface area contributed by atoms with Gasteiger partial charge < -0.3 is 20.1 Å². The second kappa shape index (κ2) is 13.6. The van der Waals surface area contributed by atoms with E-state index < -0.39 is 17.7 Å². The fourth-order valence-corrected chi connectivity index (χ4v) is 6.37. The highest BCUT2D eigenvalue weighted by atomic mass is 19.4. The maximum atomic E-state index is 13.3. The molecule has 0 radical (unpaired) electrons. The average Bonchev–Trinajstić information content (AvgIpc) is 3.44. The third-order valence-corrected chi connectivity index (χ3v) is 9.04. The van der Waals surface area contributed by atoms with Gasteiger partial charge in [-0.15, -0.1) is 0 Å². The molecule has 2 N–H and O–H groups in total. The van der Waals surface area contributed by atoms with E-state index in [2.05, 4.69) is 31.0 Å². The van der Waals surface area contributed by atoms with Crippen molar-refractivity contribution in [2.24, 2.45) is 16.3 Å². The number of nitrogens with one attached hydrogen (secondary N) is 1. The summed E-state index contributed by atoms with van der Waals surface area (Å²) in [6, 6.07) is 20.2. The molecule has 3 aromatic rings. The second-order valence-corrected chi connectivity index (χ2v) is 13.1. The van der Waals surface area contributed by atoms with Gasteiger partial charge in [0.2, 0.25) is 0 Å². The number of amidine groups is 1. The maximum Gasteiger partial charge on any atom is 0.416 e. The molecule has 5 rings (SSSR count). The fraction of sp³-hybridized carbons (Fsp3) is 0.417. The van der Waals surface area contributed by atoms with E-state index in [4.69, 9.17) is 14.8 Å². The number of nitrogens with zero attached hydrogens (tertiary/aromatic N) is 2. The van der Waals surface area contributed by atoms with Crippen LogP contribution in [0, 0.1) is 11.3 Å². The molecule has 1 aliphatic heterocycles. The monoisotopic (exact) mass is 635 g/mol. The zero-order valence-corrected chi connectivity index (χ0v) is 26.3. The van der Waals surface area contributed by atoms with Gasteiger partial charge in [0.15, 0.2) is 0 Å². The highest BCUT2D eigenvalue weighted by molar-refractivity contribution is 5.94. The van der Waals surface area contributed by atoms with Crippen molar-refractivity contribution in [1.29, 1.82) is 0 Å². The summed E-state index contributed by atoms with van der Waals surface area (Å²) in [6.07, 6.45) is -0.412. The molecule has 2 fully saturated rings. The van der Waals surface area contributed by atoms with Crippen LogP contribution in [0.3, 0.4) is 0 Å². The Labute approximate surface area is 267 Å². The summed E-state index contributed by atoms with van der Waals surface area (Å²) in [5, 5.41) is 11.5. The number of amides is 1. The lowest BCUT2D eigenvalue weighted by molar-refractivity contribution is -0.138. The standard InChI is InChI=1S/C36H40F3N3O4/c1-35(2,3)27-13-17-30(18-14-27)42-31(24-7-9-25(10-8-24)33(45)40-20-19-32(43)44)22-46-34(42)41-29-15-11-23(12-16-29)26-5-4-6-28(21-26)36(37,38)39/h4-12,15-16,21,27,30-31H,13-14,17-20,22H2,1-3H3,(H,40,45)(H,43,44)/b41-34-. The summed E-state index contributed by atoms with van der Waals surface area (Å²) in [7, 11) is 0. The number of carbonyl (C=O) groups excluding carboxylic acids is 1. The summed E-state index contributed by atoms with van der Waals surface area (Å²) in [4.78, 5) is 30.4. The Morgan fingerprint density at radius 1 is 0.935 bits per heavy atom. The molecule has 10 heteroatoms. The van der Waals surface area contributed by atoms with E-state index in [0.717, 1.165) is 43.4 Å². The lowest BCUT2D eigenvalue weighted by Gasteiger charge is -2.41. The summed E-state index contributed by atoms with van der Waals surface area (Å²) >= 11 is 0. The first kappa shape index (κ1) is 33.0. The first-order valence-electron chi connectivity index (χ1n) is 15.7. The van der Waals surface area contributed by atoms with Crippen LogP contribution in [0.25, 0.3) is 11.1 Å². The molecule has 1 saturated heterocycles. The molecular weight excluding hydrogens is 595 g/mol. The molecule has 244 valence electrons. The van der Waals surface area contributed by atoms with Crippen molar-refractivity contribution in [3.05, 3.63) is 89.5 Å². The molecule has 1 amide bonds. The maximum absolute atomic E-state index is 13.3. The summed E-state index contributed by atoms with van der Waals surface area (Å²) in [5.41, 5.74) is 2.72. The number of halogens is 3. The van der Waals surface area contributed by atoms with E-state index in [9.17, 15) is 22.8 Å². The topological polar surface area (TPSA) is 91.2 Å². The molecule has 1 heterocycles. The molecular formula is C36H40F3N3O4. The normalized spacial score (nSPS) is 21.2. The van der Waals surface area contributed by atoms with Gasteiger partial charge in [-0.1, -0.05) is 57.2 Å². The minimum Gasteiger partial charge on any atom is -0.481 e. The van der Waals surface area contributed by atoms with Gasteiger partial charge in [-0.25, -0.2) is 0 Å². The summed E-state index contributed by atoms with van der Waals surface area (Å²) < 4.78 is 46.0. The third kappa shape index (κ3) is 7.89. The van der Waals surface area contributed by atoms with E-state index in [1.807, 2.05) is 12.1 Å². The quantitative estimate of drug-likeness (QED) is 0.260. The molecule has 1 unspecified atom stereocenters. The van der Waals surface area contributed by atoms with Gasteiger partial charge in [-0.3, -0.25) is 9.59 Å². The number of rotatable bonds is 8. The Morgan fingerprint density at radius 3 is 2.22 bits per heavy atom. The van der Waals surface area contributed by atoms with Gasteiger partial charge in [0.1, 0.15) is 6.61 Å². The highest BCUT2D eigenvalue weighted by Crippen LogP contribution is 2.42. The van der Waals surface area contributed by atoms with Crippen LogP contribution in [0.5, 0.6) is 0 Å². The number of alkyl halides is 3. The number of aliphatic carboxylic acids is 1. The molecule has 0 spiro atoms. The number of carboxylic acids is 1. The number of hydrogen-bond acceptors (Lipinski definition) is 4. The molecule has 1 aliphatic carbocycles. The molecule has 1 atom stereocenters.